The predicted octanol–water partition coefficient (Wildman–Crippen LogP) is 4.19. The van der Waals surface area contributed by atoms with Gasteiger partial charge in [0.05, 0.1) is 11.7 Å². The average molecular weight is 501 g/mol. The molecule has 1 aliphatic carbocycles. The second kappa shape index (κ2) is 9.89. The van der Waals surface area contributed by atoms with Crippen LogP contribution in [-0.2, 0) is 22.4 Å². The van der Waals surface area contributed by atoms with Gasteiger partial charge in [-0.3, -0.25) is 4.79 Å². The zero-order valence-corrected chi connectivity index (χ0v) is 21.9. The molecule has 1 aromatic carbocycles. The molecule has 3 aliphatic rings. The molecule has 3 unspecified atom stereocenters. The molecule has 0 saturated carbocycles. The van der Waals surface area contributed by atoms with Gasteiger partial charge in [0.1, 0.15) is 12.1 Å². The summed E-state index contributed by atoms with van der Waals surface area (Å²) in [5.74, 6) is 1.85. The van der Waals surface area contributed by atoms with Crippen molar-refractivity contribution in [1.29, 1.82) is 0 Å². The Kier molecular flexibility index (Phi) is 6.44. The van der Waals surface area contributed by atoms with Crippen LogP contribution in [0.3, 0.4) is 0 Å². The fraction of sp³-hybridized carbons (Fsp3) is 0.517. The molecule has 2 aromatic heterocycles. The summed E-state index contributed by atoms with van der Waals surface area (Å²) in [6.45, 7) is 12.0. The molecule has 8 nitrogen and oxygen atoms in total. The van der Waals surface area contributed by atoms with Gasteiger partial charge in [-0.05, 0) is 74.1 Å². The number of carbonyl (C=O) groups is 1. The zero-order valence-electron chi connectivity index (χ0n) is 21.9. The van der Waals surface area contributed by atoms with Crippen LogP contribution in [0.5, 0.6) is 0 Å². The maximum atomic E-state index is 12.0. The minimum atomic E-state index is 0.00347. The highest BCUT2D eigenvalue weighted by Gasteiger charge is 2.34. The Morgan fingerprint density at radius 2 is 1.97 bits per heavy atom. The van der Waals surface area contributed by atoms with Crippen LogP contribution in [0.15, 0.2) is 37.3 Å². The molecular weight excluding hydrogens is 464 g/mol. The molecule has 3 atom stereocenters. The van der Waals surface area contributed by atoms with Gasteiger partial charge in [-0.25, -0.2) is 14.6 Å². The predicted molar refractivity (Wildman–Crippen MR) is 144 cm³/mol. The minimum Gasteiger partial charge on any atom is -0.356 e. The molecule has 0 bridgehead atoms. The number of ether oxygens (including phenoxy) is 1. The molecule has 0 N–H and O–H groups in total. The molecule has 2 aliphatic heterocycles. The summed E-state index contributed by atoms with van der Waals surface area (Å²) < 4.78 is 8.16. The van der Waals surface area contributed by atoms with Gasteiger partial charge >= 0.3 is 0 Å². The highest BCUT2D eigenvalue weighted by atomic mass is 16.5. The van der Waals surface area contributed by atoms with Crippen molar-refractivity contribution in [2.75, 3.05) is 37.7 Å². The summed E-state index contributed by atoms with van der Waals surface area (Å²) in [4.78, 5) is 25.7. The first kappa shape index (κ1) is 24.1. The topological polar surface area (TPSA) is 76.4 Å². The largest absolute Gasteiger partial charge is 0.356 e. The van der Waals surface area contributed by atoms with Gasteiger partial charge in [0, 0.05) is 49.4 Å². The number of fused-ring (bicyclic) bond motifs is 2. The van der Waals surface area contributed by atoms with Crippen molar-refractivity contribution in [1.82, 2.24) is 24.6 Å². The van der Waals surface area contributed by atoms with Crippen LogP contribution < -0.4 is 4.90 Å². The van der Waals surface area contributed by atoms with Crippen LogP contribution in [0.25, 0.3) is 10.9 Å². The number of aromatic nitrogens is 4. The van der Waals surface area contributed by atoms with Crippen LogP contribution in [0.4, 0.5) is 5.82 Å². The molecule has 3 aromatic rings. The Balaban J connectivity index is 1.29. The van der Waals surface area contributed by atoms with E-state index in [1.165, 1.54) is 40.1 Å². The summed E-state index contributed by atoms with van der Waals surface area (Å²) in [5.41, 5.74) is 6.30. The fourth-order valence-corrected chi connectivity index (χ4v) is 6.51. The van der Waals surface area contributed by atoms with E-state index in [2.05, 4.69) is 42.1 Å². The summed E-state index contributed by atoms with van der Waals surface area (Å²) >= 11 is 0. The molecule has 8 heteroatoms. The van der Waals surface area contributed by atoms with Crippen LogP contribution in [0, 0.1) is 12.8 Å². The standard InChI is InChI=1S/C29H36N6O2/c1-4-26(36)33-10-12-34(13-11-33)29-22-15-20(3)21(16-24(22)30-18-31-29)28-19(2)8-9-25-23(28)17-32-35(25)27-7-5-6-14-37-27/h4,8-9,17-18,20-21,27H,1,5-7,10-16H2,2-3H3. The lowest BCUT2D eigenvalue weighted by atomic mass is 9.73. The van der Waals surface area contributed by atoms with Crippen molar-refractivity contribution in [2.24, 2.45) is 5.92 Å². The summed E-state index contributed by atoms with van der Waals surface area (Å²) in [6.07, 6.45) is 10.4. The van der Waals surface area contributed by atoms with Crippen molar-refractivity contribution in [2.45, 2.75) is 58.1 Å². The minimum absolute atomic E-state index is 0.00347. The number of nitrogens with zero attached hydrogens (tertiary/aromatic N) is 6. The van der Waals surface area contributed by atoms with Gasteiger partial charge in [-0.15, -0.1) is 0 Å². The number of anilines is 1. The Labute approximate surface area is 218 Å². The van der Waals surface area contributed by atoms with Gasteiger partial charge in [0.2, 0.25) is 5.91 Å². The molecule has 1 amide bonds. The van der Waals surface area contributed by atoms with Crippen molar-refractivity contribution < 1.29 is 9.53 Å². The average Bonchev–Trinajstić information content (AvgIpc) is 3.37. The Morgan fingerprint density at radius 1 is 1.14 bits per heavy atom. The van der Waals surface area contributed by atoms with E-state index in [1.807, 2.05) is 11.1 Å². The van der Waals surface area contributed by atoms with E-state index in [-0.39, 0.29) is 12.1 Å². The molecule has 2 fully saturated rings. The van der Waals surface area contributed by atoms with E-state index in [4.69, 9.17) is 19.8 Å². The third kappa shape index (κ3) is 4.31. The smallest absolute Gasteiger partial charge is 0.246 e. The number of hydrogen-bond acceptors (Lipinski definition) is 6. The number of piperazine rings is 1. The molecule has 194 valence electrons. The SMILES string of the molecule is C=CC(=O)N1CCN(c2ncnc3c2CC(C)C(c2c(C)ccc4c2cnn4C2CCCCO2)C3)CC1. The maximum absolute atomic E-state index is 12.0. The van der Waals surface area contributed by atoms with E-state index in [0.717, 1.165) is 56.9 Å². The summed E-state index contributed by atoms with van der Waals surface area (Å²) in [7, 11) is 0. The number of amides is 1. The van der Waals surface area contributed by atoms with Gasteiger partial charge < -0.3 is 14.5 Å². The Bertz CT molecular complexity index is 1320. The van der Waals surface area contributed by atoms with E-state index < -0.39 is 0 Å². The second-order valence-electron chi connectivity index (χ2n) is 10.8. The van der Waals surface area contributed by atoms with Crippen molar-refractivity contribution in [3.05, 3.63) is 59.7 Å². The monoisotopic (exact) mass is 500 g/mol. The van der Waals surface area contributed by atoms with Crippen LogP contribution in [0.1, 0.15) is 60.7 Å². The number of benzene rings is 1. The number of rotatable bonds is 4. The third-order valence-corrected chi connectivity index (χ3v) is 8.54. The van der Waals surface area contributed by atoms with Gasteiger partial charge in [0.15, 0.2) is 6.23 Å². The zero-order chi connectivity index (χ0) is 25.5. The molecule has 0 radical (unpaired) electrons. The number of aryl methyl sites for hydroxylation is 1. The normalized spacial score (nSPS) is 24.2. The molecule has 2 saturated heterocycles. The van der Waals surface area contributed by atoms with Crippen molar-refractivity contribution in [3.63, 3.8) is 0 Å². The first-order valence-corrected chi connectivity index (χ1v) is 13.6. The van der Waals surface area contributed by atoms with E-state index in [0.29, 0.717) is 24.9 Å². The van der Waals surface area contributed by atoms with Crippen LogP contribution in [-0.4, -0.2) is 63.3 Å². The summed E-state index contributed by atoms with van der Waals surface area (Å²) in [5, 5.41) is 6.05. The van der Waals surface area contributed by atoms with E-state index in [9.17, 15) is 4.79 Å². The third-order valence-electron chi connectivity index (χ3n) is 8.54. The maximum Gasteiger partial charge on any atom is 0.246 e. The van der Waals surface area contributed by atoms with Gasteiger partial charge in [-0.2, -0.15) is 5.10 Å². The van der Waals surface area contributed by atoms with Crippen molar-refractivity contribution >= 4 is 22.6 Å². The lowest BCUT2D eigenvalue weighted by molar-refractivity contribution is -0.126. The summed E-state index contributed by atoms with van der Waals surface area (Å²) in [6, 6.07) is 4.45. The highest BCUT2D eigenvalue weighted by molar-refractivity contribution is 5.87. The van der Waals surface area contributed by atoms with Crippen LogP contribution in [0.2, 0.25) is 0 Å². The van der Waals surface area contributed by atoms with Crippen LogP contribution >= 0.6 is 0 Å². The van der Waals surface area contributed by atoms with Gasteiger partial charge in [-0.1, -0.05) is 19.6 Å². The van der Waals surface area contributed by atoms with Gasteiger partial charge in [0.25, 0.3) is 0 Å². The molecule has 6 rings (SSSR count). The lowest BCUT2D eigenvalue weighted by Crippen LogP contribution is -2.49. The first-order valence-electron chi connectivity index (χ1n) is 13.6. The highest BCUT2D eigenvalue weighted by Crippen LogP contribution is 2.43. The Hall–Kier alpha value is -3.26. The van der Waals surface area contributed by atoms with E-state index in [1.54, 1.807) is 6.33 Å². The molecule has 37 heavy (non-hydrogen) atoms. The molecule has 4 heterocycles. The van der Waals surface area contributed by atoms with Crippen molar-refractivity contribution in [3.8, 4) is 0 Å². The number of hydrogen-bond donors (Lipinski definition) is 0. The molecule has 0 spiro atoms. The Morgan fingerprint density at radius 3 is 2.73 bits per heavy atom. The quantitative estimate of drug-likeness (QED) is 0.500. The number of carbonyl (C=O) groups excluding carboxylic acids is 1. The first-order chi connectivity index (χ1) is 18.0. The molecular formula is C29H36N6O2. The fourth-order valence-electron chi connectivity index (χ4n) is 6.51. The second-order valence-corrected chi connectivity index (χ2v) is 10.8. The lowest BCUT2D eigenvalue weighted by Gasteiger charge is -2.38. The van der Waals surface area contributed by atoms with E-state index >= 15 is 0 Å².